The van der Waals surface area contributed by atoms with Gasteiger partial charge in [0.05, 0.1) is 11.7 Å². The maximum Gasteiger partial charge on any atom is 0.250 e. The van der Waals surface area contributed by atoms with Crippen molar-refractivity contribution in [3.05, 3.63) is 23.8 Å². The minimum absolute atomic E-state index is 0.0550. The molecule has 4 N–H and O–H groups in total. The second kappa shape index (κ2) is 4.00. The summed E-state index contributed by atoms with van der Waals surface area (Å²) in [7, 11) is 0. The molecule has 0 radical (unpaired) electrons. The van der Waals surface area contributed by atoms with E-state index in [9.17, 15) is 4.79 Å². The Morgan fingerprint density at radius 1 is 1.43 bits per heavy atom. The molecule has 4 heteroatoms. The van der Waals surface area contributed by atoms with Crippen molar-refractivity contribution in [3.8, 4) is 5.75 Å². The first-order chi connectivity index (χ1) is 6.50. The summed E-state index contributed by atoms with van der Waals surface area (Å²) in [5.41, 5.74) is 11.4. The van der Waals surface area contributed by atoms with Gasteiger partial charge in [0.1, 0.15) is 5.75 Å². The summed E-state index contributed by atoms with van der Waals surface area (Å²) in [6.07, 6.45) is 0.0550. The van der Waals surface area contributed by atoms with Crippen LogP contribution in [0.4, 0.5) is 5.69 Å². The minimum Gasteiger partial charge on any atom is -0.491 e. The highest BCUT2D eigenvalue weighted by Crippen LogP contribution is 2.20. The van der Waals surface area contributed by atoms with Crippen molar-refractivity contribution in [1.29, 1.82) is 0 Å². The van der Waals surface area contributed by atoms with Crippen molar-refractivity contribution in [2.24, 2.45) is 5.73 Å². The number of nitrogen functional groups attached to an aromatic ring is 1. The Balaban J connectivity index is 3.00. The largest absolute Gasteiger partial charge is 0.491 e. The third kappa shape index (κ3) is 2.39. The molecule has 1 rings (SSSR count). The summed E-state index contributed by atoms with van der Waals surface area (Å²) in [5, 5.41) is 0. The lowest BCUT2D eigenvalue weighted by Gasteiger charge is -2.11. The molecule has 0 spiro atoms. The van der Waals surface area contributed by atoms with Gasteiger partial charge in [0, 0.05) is 5.69 Å². The number of primary amides is 1. The summed E-state index contributed by atoms with van der Waals surface area (Å²) in [5.74, 6) is 0.0553. The average molecular weight is 194 g/mol. The van der Waals surface area contributed by atoms with Gasteiger partial charge in [-0.25, -0.2) is 0 Å². The molecule has 0 unspecified atom stereocenters. The van der Waals surface area contributed by atoms with Crippen LogP contribution >= 0.6 is 0 Å². The second-order valence-corrected chi connectivity index (χ2v) is 3.28. The first-order valence-electron chi connectivity index (χ1n) is 4.36. The Morgan fingerprint density at radius 2 is 2.07 bits per heavy atom. The zero-order chi connectivity index (χ0) is 10.7. The molecule has 4 nitrogen and oxygen atoms in total. The summed E-state index contributed by atoms with van der Waals surface area (Å²) in [6, 6.07) is 4.87. The fraction of sp³-hybridized carbons (Fsp3) is 0.300. The van der Waals surface area contributed by atoms with Crippen LogP contribution in [-0.4, -0.2) is 12.0 Å². The van der Waals surface area contributed by atoms with Crippen LogP contribution in [0.15, 0.2) is 18.2 Å². The van der Waals surface area contributed by atoms with Crippen molar-refractivity contribution in [2.45, 2.75) is 20.0 Å². The topological polar surface area (TPSA) is 78.3 Å². The number of ether oxygens (including phenoxy) is 1. The van der Waals surface area contributed by atoms with Gasteiger partial charge in [0.15, 0.2) is 0 Å². The van der Waals surface area contributed by atoms with E-state index in [1.807, 2.05) is 13.8 Å². The SMILES string of the molecule is CC(C)Oc1ccc(N)c(C(N)=O)c1. The zero-order valence-corrected chi connectivity index (χ0v) is 8.28. The number of anilines is 1. The van der Waals surface area contributed by atoms with E-state index in [4.69, 9.17) is 16.2 Å². The van der Waals surface area contributed by atoms with E-state index in [1.54, 1.807) is 18.2 Å². The Morgan fingerprint density at radius 3 is 2.57 bits per heavy atom. The van der Waals surface area contributed by atoms with Crippen LogP contribution in [0, 0.1) is 0 Å². The molecule has 0 atom stereocenters. The minimum atomic E-state index is -0.545. The lowest BCUT2D eigenvalue weighted by Crippen LogP contribution is -2.14. The highest BCUT2D eigenvalue weighted by atomic mass is 16.5. The van der Waals surface area contributed by atoms with Crippen LogP contribution in [0.2, 0.25) is 0 Å². The number of hydrogen-bond donors (Lipinski definition) is 2. The number of benzene rings is 1. The lowest BCUT2D eigenvalue weighted by molar-refractivity contribution is 0.100. The fourth-order valence-corrected chi connectivity index (χ4v) is 1.09. The van der Waals surface area contributed by atoms with Crippen LogP contribution in [0.3, 0.4) is 0 Å². The molecule has 0 aromatic heterocycles. The maximum absolute atomic E-state index is 10.9. The Hall–Kier alpha value is -1.71. The molecule has 1 aromatic carbocycles. The summed E-state index contributed by atoms with van der Waals surface area (Å²) < 4.78 is 5.40. The van der Waals surface area contributed by atoms with Gasteiger partial charge >= 0.3 is 0 Å². The molecule has 0 aliphatic rings. The van der Waals surface area contributed by atoms with Gasteiger partial charge in [0.2, 0.25) is 0 Å². The van der Waals surface area contributed by atoms with Gasteiger partial charge in [-0.05, 0) is 32.0 Å². The number of rotatable bonds is 3. The van der Waals surface area contributed by atoms with E-state index in [2.05, 4.69) is 0 Å². The normalized spacial score (nSPS) is 10.2. The van der Waals surface area contributed by atoms with Gasteiger partial charge in [-0.3, -0.25) is 4.79 Å². The summed E-state index contributed by atoms with van der Waals surface area (Å²) in [4.78, 5) is 10.9. The van der Waals surface area contributed by atoms with E-state index < -0.39 is 5.91 Å². The van der Waals surface area contributed by atoms with E-state index in [0.717, 1.165) is 0 Å². The Kier molecular flexibility index (Phi) is 2.96. The van der Waals surface area contributed by atoms with Gasteiger partial charge < -0.3 is 16.2 Å². The summed E-state index contributed by atoms with van der Waals surface area (Å²) >= 11 is 0. The van der Waals surface area contributed by atoms with Crippen molar-refractivity contribution >= 4 is 11.6 Å². The van der Waals surface area contributed by atoms with E-state index in [-0.39, 0.29) is 6.10 Å². The summed E-state index contributed by atoms with van der Waals surface area (Å²) in [6.45, 7) is 3.81. The molecule has 0 bridgehead atoms. The van der Waals surface area contributed by atoms with Crippen LogP contribution in [-0.2, 0) is 0 Å². The molecule has 0 fully saturated rings. The lowest BCUT2D eigenvalue weighted by atomic mass is 10.1. The van der Waals surface area contributed by atoms with Gasteiger partial charge in [0.25, 0.3) is 5.91 Å². The third-order valence-electron chi connectivity index (χ3n) is 1.66. The van der Waals surface area contributed by atoms with Crippen LogP contribution in [0.1, 0.15) is 24.2 Å². The highest BCUT2D eigenvalue weighted by molar-refractivity contribution is 5.98. The predicted molar refractivity (Wildman–Crippen MR) is 55.1 cm³/mol. The first kappa shape index (κ1) is 10.4. The monoisotopic (exact) mass is 194 g/mol. The van der Waals surface area contributed by atoms with Crippen LogP contribution in [0.25, 0.3) is 0 Å². The Labute approximate surface area is 82.8 Å². The highest BCUT2D eigenvalue weighted by Gasteiger charge is 2.07. The van der Waals surface area contributed by atoms with Crippen LogP contribution in [0.5, 0.6) is 5.75 Å². The molecule has 0 aliphatic heterocycles. The van der Waals surface area contributed by atoms with Gasteiger partial charge in [-0.15, -0.1) is 0 Å². The standard InChI is InChI=1S/C10H14N2O2/c1-6(2)14-7-3-4-9(11)8(5-7)10(12)13/h3-6H,11H2,1-2H3,(H2,12,13). The molecule has 1 amide bonds. The van der Waals surface area contributed by atoms with Gasteiger partial charge in [-0.2, -0.15) is 0 Å². The molecule has 14 heavy (non-hydrogen) atoms. The number of carbonyl (C=O) groups excluding carboxylic acids is 1. The number of amides is 1. The van der Waals surface area contributed by atoms with E-state index in [0.29, 0.717) is 17.0 Å². The quantitative estimate of drug-likeness (QED) is 0.708. The molecule has 0 saturated heterocycles. The van der Waals surface area contributed by atoms with Crippen LogP contribution < -0.4 is 16.2 Å². The maximum atomic E-state index is 10.9. The average Bonchev–Trinajstić information content (AvgIpc) is 2.07. The zero-order valence-electron chi connectivity index (χ0n) is 8.28. The first-order valence-corrected chi connectivity index (χ1v) is 4.36. The van der Waals surface area contributed by atoms with Crippen molar-refractivity contribution in [2.75, 3.05) is 5.73 Å². The van der Waals surface area contributed by atoms with Crippen molar-refractivity contribution in [1.82, 2.24) is 0 Å². The molecule has 0 heterocycles. The third-order valence-corrected chi connectivity index (χ3v) is 1.66. The number of nitrogens with two attached hydrogens (primary N) is 2. The molecule has 1 aromatic rings. The van der Waals surface area contributed by atoms with Crippen molar-refractivity contribution < 1.29 is 9.53 Å². The van der Waals surface area contributed by atoms with E-state index in [1.165, 1.54) is 0 Å². The molecule has 76 valence electrons. The molecule has 0 aliphatic carbocycles. The van der Waals surface area contributed by atoms with Gasteiger partial charge in [-0.1, -0.05) is 0 Å². The van der Waals surface area contributed by atoms with E-state index >= 15 is 0 Å². The number of hydrogen-bond acceptors (Lipinski definition) is 3. The fourth-order valence-electron chi connectivity index (χ4n) is 1.09. The molecular weight excluding hydrogens is 180 g/mol. The molecular formula is C10H14N2O2. The number of carbonyl (C=O) groups is 1. The molecule has 0 saturated carbocycles. The Bertz CT molecular complexity index is 348. The second-order valence-electron chi connectivity index (χ2n) is 3.28. The smallest absolute Gasteiger partial charge is 0.250 e. The van der Waals surface area contributed by atoms with Crippen molar-refractivity contribution in [3.63, 3.8) is 0 Å². The predicted octanol–water partition coefficient (Wildman–Crippen LogP) is 1.15.